The summed E-state index contributed by atoms with van der Waals surface area (Å²) in [6, 6.07) is 14.2. The highest BCUT2D eigenvalue weighted by molar-refractivity contribution is 5.96. The second-order valence-corrected chi connectivity index (χ2v) is 6.95. The van der Waals surface area contributed by atoms with E-state index in [-0.39, 0.29) is 18.3 Å². The molecular weight excluding hydrogens is 397 g/mol. The number of aromatic nitrogens is 2. The van der Waals surface area contributed by atoms with E-state index in [1.54, 1.807) is 12.1 Å². The first-order chi connectivity index (χ1) is 15.0. The summed E-state index contributed by atoms with van der Waals surface area (Å²) >= 11 is 0. The van der Waals surface area contributed by atoms with Crippen molar-refractivity contribution in [2.75, 3.05) is 5.32 Å². The van der Waals surface area contributed by atoms with Crippen molar-refractivity contribution >= 4 is 17.6 Å². The molecule has 7 nitrogen and oxygen atoms in total. The Balaban J connectivity index is 1.55. The predicted octanol–water partition coefficient (Wildman–Crippen LogP) is 3.89. The van der Waals surface area contributed by atoms with Crippen LogP contribution >= 0.6 is 0 Å². The van der Waals surface area contributed by atoms with Gasteiger partial charge in [0.15, 0.2) is 5.82 Å². The van der Waals surface area contributed by atoms with Gasteiger partial charge in [-0.05, 0) is 24.1 Å². The number of rotatable bonds is 8. The van der Waals surface area contributed by atoms with E-state index in [1.165, 1.54) is 24.5 Å². The maximum absolute atomic E-state index is 13.0. The lowest BCUT2D eigenvalue weighted by Crippen LogP contribution is -2.47. The number of urea groups is 1. The van der Waals surface area contributed by atoms with Crippen molar-refractivity contribution in [3.63, 3.8) is 0 Å². The lowest BCUT2D eigenvalue weighted by atomic mass is 10.1. The van der Waals surface area contributed by atoms with Gasteiger partial charge in [-0.1, -0.05) is 55.8 Å². The molecule has 0 fully saturated rings. The molecule has 0 radical (unpaired) electrons. The van der Waals surface area contributed by atoms with Gasteiger partial charge in [-0.2, -0.15) is 0 Å². The molecule has 2 aromatic carbocycles. The molecule has 0 saturated heterocycles. The first-order valence-electron chi connectivity index (χ1n) is 10.0. The van der Waals surface area contributed by atoms with E-state index < -0.39 is 12.1 Å². The summed E-state index contributed by atoms with van der Waals surface area (Å²) in [6.07, 6.45) is 4.24. The van der Waals surface area contributed by atoms with E-state index >= 15 is 0 Å². The molecule has 3 amide bonds. The van der Waals surface area contributed by atoms with Gasteiger partial charge in [-0.25, -0.2) is 19.2 Å². The molecule has 31 heavy (non-hydrogen) atoms. The molecule has 0 aliphatic rings. The Bertz CT molecular complexity index is 995. The lowest BCUT2D eigenvalue weighted by molar-refractivity contribution is -0.118. The molecule has 1 unspecified atom stereocenters. The van der Waals surface area contributed by atoms with Gasteiger partial charge in [0.05, 0.1) is 18.1 Å². The van der Waals surface area contributed by atoms with E-state index in [0.717, 1.165) is 11.1 Å². The van der Waals surface area contributed by atoms with Crippen LogP contribution in [0.2, 0.25) is 0 Å². The first kappa shape index (κ1) is 21.9. The van der Waals surface area contributed by atoms with Crippen LogP contribution in [0, 0.1) is 5.82 Å². The predicted molar refractivity (Wildman–Crippen MR) is 117 cm³/mol. The topological polar surface area (TPSA) is 96.0 Å². The molecule has 8 heteroatoms. The van der Waals surface area contributed by atoms with Gasteiger partial charge in [0, 0.05) is 12.1 Å². The number of hydrogen-bond acceptors (Lipinski definition) is 4. The van der Waals surface area contributed by atoms with Crippen molar-refractivity contribution in [1.29, 1.82) is 0 Å². The molecule has 0 spiro atoms. The number of benzene rings is 2. The zero-order valence-corrected chi connectivity index (χ0v) is 17.1. The average molecular weight is 421 g/mol. The van der Waals surface area contributed by atoms with Crippen LogP contribution in [0.5, 0.6) is 0 Å². The minimum Gasteiger partial charge on any atom is -0.334 e. The number of halogens is 1. The molecule has 160 valence electrons. The Kier molecular flexibility index (Phi) is 7.64. The van der Waals surface area contributed by atoms with E-state index in [1.807, 2.05) is 37.3 Å². The zero-order chi connectivity index (χ0) is 22.1. The van der Waals surface area contributed by atoms with Gasteiger partial charge < -0.3 is 16.0 Å². The summed E-state index contributed by atoms with van der Waals surface area (Å²) < 4.78 is 13.0. The van der Waals surface area contributed by atoms with Gasteiger partial charge in [-0.3, -0.25) is 4.79 Å². The highest BCUT2D eigenvalue weighted by atomic mass is 19.1. The third-order valence-electron chi connectivity index (χ3n) is 4.52. The average Bonchev–Trinajstić information content (AvgIpc) is 2.79. The van der Waals surface area contributed by atoms with E-state index in [9.17, 15) is 14.0 Å². The fourth-order valence-corrected chi connectivity index (χ4v) is 2.91. The molecule has 1 atom stereocenters. The first-order valence-corrected chi connectivity index (χ1v) is 10.0. The van der Waals surface area contributed by atoms with Crippen molar-refractivity contribution in [1.82, 2.24) is 20.6 Å². The summed E-state index contributed by atoms with van der Waals surface area (Å²) in [5.41, 5.74) is 2.08. The molecule has 1 aromatic heterocycles. The van der Waals surface area contributed by atoms with Crippen LogP contribution in [-0.2, 0) is 11.3 Å². The lowest BCUT2D eigenvalue weighted by Gasteiger charge is -2.18. The molecule has 0 aliphatic carbocycles. The largest absolute Gasteiger partial charge is 0.334 e. The minimum absolute atomic E-state index is 0.224. The van der Waals surface area contributed by atoms with Crippen LogP contribution in [0.15, 0.2) is 67.0 Å². The molecule has 0 aliphatic heterocycles. The number of hydrogen-bond donors (Lipinski definition) is 3. The van der Waals surface area contributed by atoms with Gasteiger partial charge in [-0.15, -0.1) is 0 Å². The van der Waals surface area contributed by atoms with Gasteiger partial charge in [0.2, 0.25) is 5.91 Å². The minimum atomic E-state index is -0.716. The molecule has 0 saturated carbocycles. The number of anilines is 1. The SMILES string of the molecule is CCCC(NC(=O)NCc1ccc(F)cc1)C(=O)Nc1cnc(-c2ccccc2)nc1. The second kappa shape index (κ2) is 10.8. The van der Waals surface area contributed by atoms with Crippen LogP contribution in [0.3, 0.4) is 0 Å². The van der Waals surface area contributed by atoms with E-state index in [2.05, 4.69) is 25.9 Å². The van der Waals surface area contributed by atoms with E-state index in [4.69, 9.17) is 0 Å². The second-order valence-electron chi connectivity index (χ2n) is 6.95. The Morgan fingerprint density at radius 1 is 1.00 bits per heavy atom. The molecule has 3 rings (SSSR count). The molecule has 3 aromatic rings. The van der Waals surface area contributed by atoms with Crippen LogP contribution < -0.4 is 16.0 Å². The van der Waals surface area contributed by atoms with Crippen molar-refractivity contribution in [3.05, 3.63) is 78.4 Å². The molecule has 3 N–H and O–H groups in total. The highest BCUT2D eigenvalue weighted by Crippen LogP contribution is 2.15. The van der Waals surface area contributed by atoms with Crippen molar-refractivity contribution in [3.8, 4) is 11.4 Å². The maximum Gasteiger partial charge on any atom is 0.315 e. The van der Waals surface area contributed by atoms with Gasteiger partial charge in [0.25, 0.3) is 0 Å². The van der Waals surface area contributed by atoms with E-state index in [0.29, 0.717) is 24.4 Å². The fourth-order valence-electron chi connectivity index (χ4n) is 2.91. The standard InChI is InChI=1S/C23H24FN5O2/c1-2-6-20(29-23(31)27-13-16-9-11-18(24)12-10-16)22(30)28-19-14-25-21(26-15-19)17-7-4-3-5-8-17/h3-5,7-12,14-15,20H,2,6,13H2,1H3,(H,28,30)(H2,27,29,31). The van der Waals surface area contributed by atoms with Gasteiger partial charge in [0.1, 0.15) is 11.9 Å². The summed E-state index contributed by atoms with van der Waals surface area (Å²) in [5.74, 6) is -0.134. The van der Waals surface area contributed by atoms with Crippen LogP contribution in [0.1, 0.15) is 25.3 Å². The maximum atomic E-state index is 13.0. The number of carbonyl (C=O) groups is 2. The number of nitrogens with one attached hydrogen (secondary N) is 3. The van der Waals surface area contributed by atoms with Crippen molar-refractivity contribution < 1.29 is 14.0 Å². The normalized spacial score (nSPS) is 11.4. The third-order valence-corrected chi connectivity index (χ3v) is 4.52. The molecule has 0 bridgehead atoms. The monoisotopic (exact) mass is 421 g/mol. The number of nitrogens with zero attached hydrogens (tertiary/aromatic N) is 2. The Hall–Kier alpha value is -3.81. The Morgan fingerprint density at radius 2 is 1.68 bits per heavy atom. The zero-order valence-electron chi connectivity index (χ0n) is 17.1. The summed E-state index contributed by atoms with van der Waals surface area (Å²) in [4.78, 5) is 33.5. The van der Waals surface area contributed by atoms with Crippen molar-refractivity contribution in [2.24, 2.45) is 0 Å². The number of carbonyl (C=O) groups excluding carboxylic acids is 2. The van der Waals surface area contributed by atoms with Crippen LogP contribution in [0.25, 0.3) is 11.4 Å². The third kappa shape index (κ3) is 6.60. The molecule has 1 heterocycles. The summed E-state index contributed by atoms with van der Waals surface area (Å²) in [7, 11) is 0. The quantitative estimate of drug-likeness (QED) is 0.514. The molecular formula is C23H24FN5O2. The summed E-state index contributed by atoms with van der Waals surface area (Å²) in [6.45, 7) is 2.15. The van der Waals surface area contributed by atoms with Crippen LogP contribution in [-0.4, -0.2) is 27.9 Å². The Labute approximate surface area is 180 Å². The Morgan fingerprint density at radius 3 is 2.32 bits per heavy atom. The van der Waals surface area contributed by atoms with Crippen LogP contribution in [0.4, 0.5) is 14.9 Å². The summed E-state index contributed by atoms with van der Waals surface area (Å²) in [5, 5.41) is 8.10. The fraction of sp³-hybridized carbons (Fsp3) is 0.217. The van der Waals surface area contributed by atoms with Crippen molar-refractivity contribution in [2.45, 2.75) is 32.4 Å². The highest BCUT2D eigenvalue weighted by Gasteiger charge is 2.20. The van der Waals surface area contributed by atoms with Gasteiger partial charge >= 0.3 is 6.03 Å². The number of amides is 3. The smallest absolute Gasteiger partial charge is 0.315 e.